The van der Waals surface area contributed by atoms with E-state index in [2.05, 4.69) is 20.6 Å². The third-order valence-corrected chi connectivity index (χ3v) is 5.22. The number of rotatable bonds is 5. The van der Waals surface area contributed by atoms with Crippen LogP contribution in [-0.2, 0) is 15.0 Å². The highest BCUT2D eigenvalue weighted by molar-refractivity contribution is 6.05. The zero-order chi connectivity index (χ0) is 21.5. The van der Waals surface area contributed by atoms with E-state index in [9.17, 15) is 14.4 Å². The van der Waals surface area contributed by atoms with Crippen LogP contribution in [-0.4, -0.2) is 45.2 Å². The summed E-state index contributed by atoms with van der Waals surface area (Å²) in [4.78, 5) is 48.1. The summed E-state index contributed by atoms with van der Waals surface area (Å²) in [6, 6.07) is 6.55. The molecule has 3 amide bonds. The van der Waals surface area contributed by atoms with E-state index < -0.39 is 6.04 Å². The van der Waals surface area contributed by atoms with Gasteiger partial charge in [-0.1, -0.05) is 39.0 Å². The number of carbonyl (C=O) groups excluding carboxylic acids is 3. The van der Waals surface area contributed by atoms with Crippen LogP contribution >= 0.6 is 0 Å². The molecule has 8 nitrogen and oxygen atoms in total. The lowest BCUT2D eigenvalue weighted by molar-refractivity contribution is -0.127. The van der Waals surface area contributed by atoms with Gasteiger partial charge in [-0.15, -0.1) is 0 Å². The van der Waals surface area contributed by atoms with Gasteiger partial charge in [-0.3, -0.25) is 14.4 Å². The first-order valence-corrected chi connectivity index (χ1v) is 10.1. The van der Waals surface area contributed by atoms with Crippen LogP contribution in [0.1, 0.15) is 61.4 Å². The van der Waals surface area contributed by atoms with Crippen molar-refractivity contribution in [1.82, 2.24) is 20.2 Å². The molecule has 2 N–H and O–H groups in total. The molecule has 2 aliphatic rings. The number of hydrogen-bond acceptors (Lipinski definition) is 5. The quantitative estimate of drug-likeness (QED) is 0.791. The highest BCUT2D eigenvalue weighted by Crippen LogP contribution is 2.41. The number of anilines is 1. The summed E-state index contributed by atoms with van der Waals surface area (Å²) in [5.41, 5.74) is 1.53. The van der Waals surface area contributed by atoms with Crippen molar-refractivity contribution < 1.29 is 14.4 Å². The summed E-state index contributed by atoms with van der Waals surface area (Å²) in [6.07, 6.45) is 4.89. The Balaban J connectivity index is 1.39. The van der Waals surface area contributed by atoms with Crippen molar-refractivity contribution in [1.29, 1.82) is 0 Å². The van der Waals surface area contributed by atoms with Gasteiger partial charge in [-0.2, -0.15) is 0 Å². The van der Waals surface area contributed by atoms with Crippen molar-refractivity contribution in [3.05, 3.63) is 53.6 Å². The Labute approximate surface area is 175 Å². The standard InChI is InChI=1S/C22H25N5O3/c1-22(2,3)21-24-10-13(11-25-21)26-17(28)12-23-19(29)18-15-6-4-5-7-16(15)20(30)27(18)14-8-9-14/h4-7,10-11,14,18H,8-9,12H2,1-3H3,(H,23,29)(H,26,28). The number of carbonyl (C=O) groups is 3. The van der Waals surface area contributed by atoms with Crippen LogP contribution in [0, 0.1) is 0 Å². The normalized spacial score (nSPS) is 18.2. The van der Waals surface area contributed by atoms with E-state index in [1.54, 1.807) is 35.5 Å². The van der Waals surface area contributed by atoms with Crippen molar-refractivity contribution in [3.8, 4) is 0 Å². The number of nitrogens with one attached hydrogen (secondary N) is 2. The van der Waals surface area contributed by atoms with E-state index in [4.69, 9.17) is 0 Å². The van der Waals surface area contributed by atoms with Crippen molar-refractivity contribution >= 4 is 23.4 Å². The molecule has 156 valence electrons. The van der Waals surface area contributed by atoms with Gasteiger partial charge in [0.2, 0.25) is 11.8 Å². The maximum Gasteiger partial charge on any atom is 0.255 e. The maximum absolute atomic E-state index is 12.9. The summed E-state index contributed by atoms with van der Waals surface area (Å²) in [5, 5.41) is 5.35. The molecule has 0 radical (unpaired) electrons. The van der Waals surface area contributed by atoms with Gasteiger partial charge < -0.3 is 15.5 Å². The fraction of sp³-hybridized carbons (Fsp3) is 0.409. The average molecular weight is 407 g/mol. The lowest BCUT2D eigenvalue weighted by Gasteiger charge is -2.24. The van der Waals surface area contributed by atoms with Crippen LogP contribution in [0.2, 0.25) is 0 Å². The largest absolute Gasteiger partial charge is 0.345 e. The summed E-state index contributed by atoms with van der Waals surface area (Å²) < 4.78 is 0. The maximum atomic E-state index is 12.9. The minimum Gasteiger partial charge on any atom is -0.345 e. The summed E-state index contributed by atoms with van der Waals surface area (Å²) >= 11 is 0. The van der Waals surface area contributed by atoms with Gasteiger partial charge in [0.15, 0.2) is 0 Å². The van der Waals surface area contributed by atoms with Gasteiger partial charge in [0.1, 0.15) is 11.9 Å². The van der Waals surface area contributed by atoms with E-state index >= 15 is 0 Å². The molecule has 1 fully saturated rings. The van der Waals surface area contributed by atoms with Crippen molar-refractivity contribution in [2.45, 2.75) is 51.1 Å². The van der Waals surface area contributed by atoms with Gasteiger partial charge in [0, 0.05) is 17.0 Å². The number of hydrogen-bond donors (Lipinski definition) is 2. The molecular weight excluding hydrogens is 382 g/mol. The molecule has 1 aliphatic carbocycles. The molecule has 0 spiro atoms. The number of fused-ring (bicyclic) bond motifs is 1. The number of aromatic nitrogens is 2. The van der Waals surface area contributed by atoms with Crippen LogP contribution in [0.15, 0.2) is 36.7 Å². The topological polar surface area (TPSA) is 104 Å². The van der Waals surface area contributed by atoms with Crippen LogP contribution in [0.3, 0.4) is 0 Å². The van der Waals surface area contributed by atoms with Crippen molar-refractivity contribution in [3.63, 3.8) is 0 Å². The Morgan fingerprint density at radius 3 is 2.43 bits per heavy atom. The zero-order valence-corrected chi connectivity index (χ0v) is 17.3. The second-order valence-electron chi connectivity index (χ2n) is 8.74. The molecule has 1 aromatic carbocycles. The SMILES string of the molecule is CC(C)(C)c1ncc(NC(=O)CNC(=O)C2c3ccccc3C(=O)N2C2CC2)cn1. The van der Waals surface area contributed by atoms with E-state index in [1.807, 2.05) is 26.8 Å². The van der Waals surface area contributed by atoms with E-state index in [-0.39, 0.29) is 35.7 Å². The first-order valence-electron chi connectivity index (χ1n) is 10.1. The molecule has 0 bridgehead atoms. The Kier molecular flexibility index (Phi) is 5.01. The predicted octanol–water partition coefficient (Wildman–Crippen LogP) is 2.19. The fourth-order valence-corrected chi connectivity index (χ4v) is 3.58. The van der Waals surface area contributed by atoms with Crippen LogP contribution in [0.25, 0.3) is 0 Å². The van der Waals surface area contributed by atoms with Crippen molar-refractivity contribution in [2.24, 2.45) is 0 Å². The molecule has 8 heteroatoms. The Hall–Kier alpha value is -3.29. The first kappa shape index (κ1) is 20.0. The molecular formula is C22H25N5O3. The summed E-state index contributed by atoms with van der Waals surface area (Å²) in [5.74, 6) is -0.173. The van der Waals surface area contributed by atoms with Gasteiger partial charge in [-0.05, 0) is 24.5 Å². The number of nitrogens with zero attached hydrogens (tertiary/aromatic N) is 3. The van der Waals surface area contributed by atoms with Gasteiger partial charge in [-0.25, -0.2) is 9.97 Å². The van der Waals surface area contributed by atoms with Crippen LogP contribution in [0.4, 0.5) is 5.69 Å². The van der Waals surface area contributed by atoms with Crippen molar-refractivity contribution in [2.75, 3.05) is 11.9 Å². The average Bonchev–Trinajstić information content (AvgIpc) is 3.50. The number of benzene rings is 1. The molecule has 2 heterocycles. The van der Waals surface area contributed by atoms with Gasteiger partial charge >= 0.3 is 0 Å². The van der Waals surface area contributed by atoms with E-state index in [0.717, 1.165) is 12.8 Å². The molecule has 2 aromatic rings. The van der Waals surface area contributed by atoms with Crippen LogP contribution < -0.4 is 10.6 Å². The zero-order valence-electron chi connectivity index (χ0n) is 17.3. The smallest absolute Gasteiger partial charge is 0.255 e. The molecule has 4 rings (SSSR count). The molecule has 0 saturated heterocycles. The molecule has 1 saturated carbocycles. The van der Waals surface area contributed by atoms with Crippen LogP contribution in [0.5, 0.6) is 0 Å². The fourth-order valence-electron chi connectivity index (χ4n) is 3.58. The molecule has 1 unspecified atom stereocenters. The van der Waals surface area contributed by atoms with Gasteiger partial charge in [0.05, 0.1) is 24.6 Å². The molecule has 1 atom stereocenters. The molecule has 30 heavy (non-hydrogen) atoms. The van der Waals surface area contributed by atoms with E-state index in [0.29, 0.717) is 22.6 Å². The third-order valence-electron chi connectivity index (χ3n) is 5.22. The minimum atomic E-state index is -0.691. The lowest BCUT2D eigenvalue weighted by atomic mass is 9.96. The Morgan fingerprint density at radius 1 is 1.13 bits per heavy atom. The van der Waals surface area contributed by atoms with Gasteiger partial charge in [0.25, 0.3) is 5.91 Å². The summed E-state index contributed by atoms with van der Waals surface area (Å²) in [6.45, 7) is 5.82. The summed E-state index contributed by atoms with van der Waals surface area (Å²) in [7, 11) is 0. The highest BCUT2D eigenvalue weighted by Gasteiger charge is 2.47. The minimum absolute atomic E-state index is 0.0907. The molecule has 1 aromatic heterocycles. The second-order valence-corrected chi connectivity index (χ2v) is 8.74. The highest BCUT2D eigenvalue weighted by atomic mass is 16.2. The number of amides is 3. The monoisotopic (exact) mass is 407 g/mol. The third kappa shape index (κ3) is 3.90. The lowest BCUT2D eigenvalue weighted by Crippen LogP contribution is -2.42. The first-order chi connectivity index (χ1) is 14.3. The predicted molar refractivity (Wildman–Crippen MR) is 111 cm³/mol. The Morgan fingerprint density at radius 2 is 1.80 bits per heavy atom. The molecule has 1 aliphatic heterocycles. The second kappa shape index (κ2) is 7.51. The Bertz CT molecular complexity index is 993. The van der Waals surface area contributed by atoms with E-state index in [1.165, 1.54) is 0 Å².